The van der Waals surface area contributed by atoms with Gasteiger partial charge in [0.05, 0.1) is 12.3 Å². The Hall–Kier alpha value is -2.23. The summed E-state index contributed by atoms with van der Waals surface area (Å²) in [5.74, 6) is -2.84. The molecule has 1 aliphatic rings. The number of hydrogen-bond acceptors (Lipinski definition) is 7. The van der Waals surface area contributed by atoms with Gasteiger partial charge in [0.25, 0.3) is 0 Å². The zero-order chi connectivity index (χ0) is 29.9. The molecule has 1 aromatic carbocycles. The molecule has 224 valence electrons. The summed E-state index contributed by atoms with van der Waals surface area (Å²) in [7, 11) is 0. The number of rotatable bonds is 11. The predicted octanol–water partition coefficient (Wildman–Crippen LogP) is 6.37. The van der Waals surface area contributed by atoms with Gasteiger partial charge in [0.15, 0.2) is 6.04 Å². The van der Waals surface area contributed by atoms with E-state index >= 15 is 0 Å². The maximum absolute atomic E-state index is 14.1. The molecule has 1 saturated heterocycles. The van der Waals surface area contributed by atoms with Crippen molar-refractivity contribution in [3.05, 3.63) is 35.9 Å². The average Bonchev–Trinajstić information content (AvgIpc) is 2.88. The van der Waals surface area contributed by atoms with Crippen molar-refractivity contribution in [2.24, 2.45) is 5.92 Å². The van der Waals surface area contributed by atoms with Gasteiger partial charge in [-0.2, -0.15) is 0 Å². The molecule has 0 aliphatic carbocycles. The topological polar surface area (TPSA) is 102 Å². The Morgan fingerprint density at radius 3 is 2.30 bits per heavy atom. The fourth-order valence-corrected chi connectivity index (χ4v) is 4.39. The molecule has 1 heterocycles. The number of esters is 2. The number of halogens is 3. The maximum Gasteiger partial charge on any atom is 0.429 e. The van der Waals surface area contributed by atoms with Crippen LogP contribution in [0.15, 0.2) is 30.3 Å². The Labute approximate surface area is 251 Å². The monoisotopic (exact) mass is 620 g/mol. The van der Waals surface area contributed by atoms with Crippen molar-refractivity contribution >= 4 is 58.7 Å². The molecule has 1 fully saturated rings. The summed E-state index contributed by atoms with van der Waals surface area (Å²) < 4.78 is 14.4. The van der Waals surface area contributed by atoms with Crippen LogP contribution in [0.1, 0.15) is 78.2 Å². The second kappa shape index (κ2) is 15.7. The summed E-state index contributed by atoms with van der Waals surface area (Å²) in [5.41, 5.74) is -0.0489. The average molecular weight is 622 g/mol. The van der Waals surface area contributed by atoms with E-state index in [0.29, 0.717) is 19.3 Å². The van der Waals surface area contributed by atoms with E-state index in [9.17, 15) is 19.2 Å². The number of carbonyl (C=O) groups is 4. The van der Waals surface area contributed by atoms with Gasteiger partial charge >= 0.3 is 18.0 Å². The number of hydrazine groups is 1. The highest BCUT2D eigenvalue weighted by Gasteiger charge is 2.44. The normalized spacial score (nSPS) is 16.7. The van der Waals surface area contributed by atoms with E-state index in [0.717, 1.165) is 28.4 Å². The number of amides is 2. The van der Waals surface area contributed by atoms with Crippen LogP contribution < -0.4 is 0 Å². The van der Waals surface area contributed by atoms with E-state index in [-0.39, 0.29) is 26.0 Å². The van der Waals surface area contributed by atoms with E-state index < -0.39 is 51.9 Å². The summed E-state index contributed by atoms with van der Waals surface area (Å²) in [6.45, 7) is 6.84. The van der Waals surface area contributed by atoms with E-state index in [2.05, 4.69) is 0 Å². The molecule has 1 aromatic rings. The van der Waals surface area contributed by atoms with Crippen LogP contribution in [0.25, 0.3) is 0 Å². The first-order valence-corrected chi connectivity index (χ1v) is 14.6. The Morgan fingerprint density at radius 2 is 1.70 bits per heavy atom. The summed E-state index contributed by atoms with van der Waals surface area (Å²) in [5, 5.41) is 2.26. The zero-order valence-corrected chi connectivity index (χ0v) is 25.8. The molecule has 0 N–H and O–H groups in total. The van der Waals surface area contributed by atoms with Crippen molar-refractivity contribution in [1.29, 1.82) is 0 Å². The van der Waals surface area contributed by atoms with Crippen LogP contribution in [-0.4, -0.2) is 62.5 Å². The molecule has 0 radical (unpaired) electrons. The van der Waals surface area contributed by atoms with Gasteiger partial charge in [-0.15, -0.1) is 0 Å². The minimum Gasteiger partial charge on any atom is -0.461 e. The Balaban J connectivity index is 2.34. The number of unbranched alkanes of at least 4 members (excludes halogenated alkanes) is 2. The Bertz CT molecular complexity index is 996. The number of alkyl halides is 3. The first kappa shape index (κ1) is 34.0. The van der Waals surface area contributed by atoms with Gasteiger partial charge in [0.1, 0.15) is 18.8 Å². The van der Waals surface area contributed by atoms with Crippen molar-refractivity contribution in [2.45, 2.75) is 94.7 Å². The second-order valence-corrected chi connectivity index (χ2v) is 13.2. The van der Waals surface area contributed by atoms with Crippen molar-refractivity contribution in [3.8, 4) is 0 Å². The lowest BCUT2D eigenvalue weighted by Gasteiger charge is -2.43. The number of benzene rings is 1. The molecule has 0 unspecified atom stereocenters. The van der Waals surface area contributed by atoms with Gasteiger partial charge in [-0.3, -0.25) is 9.59 Å². The predicted molar refractivity (Wildman–Crippen MR) is 153 cm³/mol. The number of hydrogen-bond donors (Lipinski definition) is 0. The smallest absolute Gasteiger partial charge is 0.429 e. The van der Waals surface area contributed by atoms with Crippen LogP contribution in [-0.2, 0) is 35.2 Å². The van der Waals surface area contributed by atoms with Crippen LogP contribution in [0.4, 0.5) is 4.79 Å². The third-order valence-corrected chi connectivity index (χ3v) is 6.37. The third kappa shape index (κ3) is 11.7. The molecule has 0 saturated carbocycles. The molecule has 0 bridgehead atoms. The molecule has 2 atom stereocenters. The van der Waals surface area contributed by atoms with Crippen LogP contribution in [0, 0.1) is 5.92 Å². The van der Waals surface area contributed by atoms with Crippen LogP contribution in [0.5, 0.6) is 0 Å². The minimum atomic E-state index is -1.80. The summed E-state index contributed by atoms with van der Waals surface area (Å²) in [4.78, 5) is 53.3. The largest absolute Gasteiger partial charge is 0.461 e. The quantitative estimate of drug-likeness (QED) is 0.122. The fraction of sp³-hybridized carbons (Fsp3) is 0.643. The molecule has 2 amide bonds. The van der Waals surface area contributed by atoms with E-state index in [1.54, 1.807) is 20.8 Å². The van der Waals surface area contributed by atoms with Gasteiger partial charge in [0.2, 0.25) is 9.70 Å². The molecule has 2 rings (SSSR count). The van der Waals surface area contributed by atoms with Gasteiger partial charge in [-0.25, -0.2) is 19.6 Å². The molecule has 40 heavy (non-hydrogen) atoms. The second-order valence-electron chi connectivity index (χ2n) is 10.7. The van der Waals surface area contributed by atoms with E-state index in [4.69, 9.17) is 49.0 Å². The molecule has 9 nitrogen and oxygen atoms in total. The number of carbonyl (C=O) groups excluding carboxylic acids is 4. The Morgan fingerprint density at radius 1 is 1.02 bits per heavy atom. The standard InChI is InChI=1S/C28H39Cl3N2O7/c1-5-6-8-14-21(17-23(34)39-19-28(29,30)31)24(35)33-22(25(36)40-27(2,3)4)15-11-16-32(33)26(37)38-18-20-12-9-7-10-13-20/h7,9-10,12-13,21-22H,5-6,8,11,14-19H2,1-4H3/t21-,22-/m0/s1. The third-order valence-electron chi connectivity index (χ3n) is 6.04. The number of ether oxygens (including phenoxy) is 3. The molecule has 0 aromatic heterocycles. The van der Waals surface area contributed by atoms with E-state index in [1.165, 1.54) is 0 Å². The molecular weight excluding hydrogens is 583 g/mol. The highest BCUT2D eigenvalue weighted by atomic mass is 35.6. The molecule has 12 heteroatoms. The summed E-state index contributed by atoms with van der Waals surface area (Å²) in [6.07, 6.45) is 2.33. The van der Waals surface area contributed by atoms with Crippen LogP contribution in [0.3, 0.4) is 0 Å². The highest BCUT2D eigenvalue weighted by Crippen LogP contribution is 2.29. The first-order valence-electron chi connectivity index (χ1n) is 13.5. The van der Waals surface area contributed by atoms with E-state index in [1.807, 2.05) is 37.3 Å². The van der Waals surface area contributed by atoms with Crippen molar-refractivity contribution in [3.63, 3.8) is 0 Å². The zero-order valence-electron chi connectivity index (χ0n) is 23.5. The SMILES string of the molecule is CCCCC[C@@H](CC(=O)OCC(Cl)(Cl)Cl)C(=O)N1[C@H](C(=O)OC(C)(C)C)CCCN1C(=O)OCc1ccccc1. The summed E-state index contributed by atoms with van der Waals surface area (Å²) in [6, 6.07) is 8.03. The lowest BCUT2D eigenvalue weighted by atomic mass is 9.95. The Kier molecular flexibility index (Phi) is 13.3. The van der Waals surface area contributed by atoms with Crippen molar-refractivity contribution < 1.29 is 33.4 Å². The highest BCUT2D eigenvalue weighted by molar-refractivity contribution is 6.67. The fourth-order valence-electron chi connectivity index (χ4n) is 4.23. The molecular formula is C28H39Cl3N2O7. The van der Waals surface area contributed by atoms with Gasteiger partial charge in [-0.05, 0) is 45.6 Å². The van der Waals surface area contributed by atoms with Gasteiger partial charge < -0.3 is 14.2 Å². The minimum absolute atomic E-state index is 0.0153. The van der Waals surface area contributed by atoms with Crippen molar-refractivity contribution in [1.82, 2.24) is 10.0 Å². The number of nitrogens with zero attached hydrogens (tertiary/aromatic N) is 2. The molecule has 1 aliphatic heterocycles. The lowest BCUT2D eigenvalue weighted by molar-refractivity contribution is -0.183. The maximum atomic E-state index is 14.1. The van der Waals surface area contributed by atoms with Crippen molar-refractivity contribution in [2.75, 3.05) is 13.2 Å². The van der Waals surface area contributed by atoms with Crippen LogP contribution >= 0.6 is 34.8 Å². The lowest BCUT2D eigenvalue weighted by Crippen LogP contribution is -2.62. The van der Waals surface area contributed by atoms with Gasteiger partial charge in [0, 0.05) is 6.54 Å². The van der Waals surface area contributed by atoms with Crippen LogP contribution in [0.2, 0.25) is 0 Å². The first-order chi connectivity index (χ1) is 18.7. The molecule has 0 spiro atoms. The van der Waals surface area contributed by atoms with Gasteiger partial charge in [-0.1, -0.05) is 91.3 Å². The summed E-state index contributed by atoms with van der Waals surface area (Å²) >= 11 is 17.1.